The quantitative estimate of drug-likeness (QED) is 0.920. The number of carbonyl (C=O) groups excluding carboxylic acids is 1. The van der Waals surface area contributed by atoms with Crippen LogP contribution in [-0.4, -0.2) is 39.5 Å². The molecule has 1 aliphatic rings. The van der Waals surface area contributed by atoms with E-state index in [1.54, 1.807) is 30.2 Å². The molecule has 0 aliphatic heterocycles. The molecular weight excluding hydrogens is 299 g/mol. The van der Waals surface area contributed by atoms with Crippen molar-refractivity contribution < 1.29 is 19.1 Å². The van der Waals surface area contributed by atoms with Crippen LogP contribution in [0, 0.1) is 11.7 Å². The third-order valence-corrected chi connectivity index (χ3v) is 4.04. The highest BCUT2D eigenvalue weighted by molar-refractivity contribution is 6.05. The average molecular weight is 316 g/mol. The van der Waals surface area contributed by atoms with Gasteiger partial charge in [0.25, 0.3) is 5.91 Å². The summed E-state index contributed by atoms with van der Waals surface area (Å²) in [6.07, 6.45) is 3.25. The molecule has 1 unspecified atom stereocenters. The number of aromatic nitrogens is 1. The number of carbonyl (C=O) groups is 2. The van der Waals surface area contributed by atoms with Crippen LogP contribution in [0.5, 0.6) is 0 Å². The molecule has 1 heterocycles. The molecule has 1 saturated carbocycles. The second kappa shape index (κ2) is 5.95. The number of fused-ring (bicyclic) bond motifs is 1. The predicted molar refractivity (Wildman–Crippen MR) is 82.6 cm³/mol. The van der Waals surface area contributed by atoms with E-state index < -0.39 is 17.7 Å². The highest BCUT2D eigenvalue weighted by Crippen LogP contribution is 2.30. The Kier molecular flexibility index (Phi) is 3.98. The van der Waals surface area contributed by atoms with E-state index in [2.05, 4.69) is 4.98 Å². The number of aliphatic carboxylic acids is 1. The summed E-state index contributed by atoms with van der Waals surface area (Å²) in [5, 5.41) is 9.64. The molecule has 1 atom stereocenters. The molecule has 1 aromatic heterocycles. The predicted octanol–water partition coefficient (Wildman–Crippen LogP) is 2.70. The van der Waals surface area contributed by atoms with Gasteiger partial charge in [0.05, 0.1) is 17.0 Å². The van der Waals surface area contributed by atoms with Crippen LogP contribution >= 0.6 is 0 Å². The summed E-state index contributed by atoms with van der Waals surface area (Å²) in [6.45, 7) is 1.68. The van der Waals surface area contributed by atoms with Crippen molar-refractivity contribution >= 4 is 22.8 Å². The lowest BCUT2D eigenvalue weighted by atomic mass is 10.1. The standard InChI is InChI=1S/C17H17FN2O3/c1-10(17(22)23)9-20(13-4-5-13)16(21)14-8-12(18)7-11-3-2-6-19-15(11)14/h2-3,6-8,10,13H,4-5,9H2,1H3,(H,22,23). The Morgan fingerprint density at radius 3 is 2.83 bits per heavy atom. The number of hydrogen-bond donors (Lipinski definition) is 1. The number of amides is 1. The number of pyridine rings is 1. The zero-order valence-electron chi connectivity index (χ0n) is 12.7. The minimum atomic E-state index is -0.953. The Morgan fingerprint density at radius 1 is 1.43 bits per heavy atom. The van der Waals surface area contributed by atoms with Crippen LogP contribution in [0.1, 0.15) is 30.1 Å². The van der Waals surface area contributed by atoms with E-state index in [9.17, 15) is 14.0 Å². The maximum Gasteiger partial charge on any atom is 0.308 e. The number of benzene rings is 1. The molecule has 120 valence electrons. The summed E-state index contributed by atoms with van der Waals surface area (Å²) < 4.78 is 13.8. The average Bonchev–Trinajstić information content (AvgIpc) is 3.35. The van der Waals surface area contributed by atoms with Gasteiger partial charge >= 0.3 is 5.97 Å². The summed E-state index contributed by atoms with van der Waals surface area (Å²) in [5.41, 5.74) is 0.623. The van der Waals surface area contributed by atoms with E-state index in [4.69, 9.17) is 5.11 Å². The van der Waals surface area contributed by atoms with Gasteiger partial charge in [-0.05, 0) is 31.0 Å². The maximum absolute atomic E-state index is 13.8. The summed E-state index contributed by atoms with van der Waals surface area (Å²) >= 11 is 0. The van der Waals surface area contributed by atoms with Crippen LogP contribution in [-0.2, 0) is 4.79 Å². The molecule has 2 aromatic rings. The molecule has 1 N–H and O–H groups in total. The van der Waals surface area contributed by atoms with E-state index in [0.29, 0.717) is 10.9 Å². The van der Waals surface area contributed by atoms with Crippen molar-refractivity contribution in [3.8, 4) is 0 Å². The number of halogens is 1. The van der Waals surface area contributed by atoms with Crippen LogP contribution < -0.4 is 0 Å². The lowest BCUT2D eigenvalue weighted by Gasteiger charge is -2.25. The first-order valence-corrected chi connectivity index (χ1v) is 7.55. The zero-order chi connectivity index (χ0) is 16.6. The second-order valence-corrected chi connectivity index (χ2v) is 5.96. The SMILES string of the molecule is CC(CN(C(=O)c1cc(F)cc2cccnc12)C1CC1)C(=O)O. The summed E-state index contributed by atoms with van der Waals surface area (Å²) in [7, 11) is 0. The summed E-state index contributed by atoms with van der Waals surface area (Å²) in [5.74, 6) is -2.49. The minimum absolute atomic E-state index is 0.0336. The third-order valence-electron chi connectivity index (χ3n) is 4.04. The van der Waals surface area contributed by atoms with Crippen molar-refractivity contribution in [1.82, 2.24) is 9.88 Å². The van der Waals surface area contributed by atoms with Crippen molar-refractivity contribution in [1.29, 1.82) is 0 Å². The Labute approximate surface area is 132 Å². The van der Waals surface area contributed by atoms with E-state index in [1.807, 2.05) is 0 Å². The number of carboxylic acids is 1. The van der Waals surface area contributed by atoms with Gasteiger partial charge in [-0.1, -0.05) is 13.0 Å². The second-order valence-electron chi connectivity index (χ2n) is 5.96. The van der Waals surface area contributed by atoms with Crippen LogP contribution in [0.2, 0.25) is 0 Å². The van der Waals surface area contributed by atoms with E-state index in [0.717, 1.165) is 12.8 Å². The zero-order valence-corrected chi connectivity index (χ0v) is 12.7. The Bertz CT molecular complexity index is 774. The fourth-order valence-corrected chi connectivity index (χ4v) is 2.63. The third kappa shape index (κ3) is 3.16. The summed E-state index contributed by atoms with van der Waals surface area (Å²) in [4.78, 5) is 29.7. The first kappa shape index (κ1) is 15.4. The lowest BCUT2D eigenvalue weighted by molar-refractivity contribution is -0.141. The van der Waals surface area contributed by atoms with Crippen molar-refractivity contribution in [2.75, 3.05) is 6.54 Å². The molecule has 1 aromatic carbocycles. The Morgan fingerprint density at radius 2 is 2.17 bits per heavy atom. The molecule has 1 amide bonds. The van der Waals surface area contributed by atoms with Gasteiger partial charge < -0.3 is 10.0 Å². The first-order valence-electron chi connectivity index (χ1n) is 7.55. The molecule has 0 saturated heterocycles. The number of rotatable bonds is 5. The molecule has 0 radical (unpaired) electrons. The van der Waals surface area contributed by atoms with Crippen LogP contribution in [0.4, 0.5) is 4.39 Å². The molecule has 3 rings (SSSR count). The fourth-order valence-electron chi connectivity index (χ4n) is 2.63. The fraction of sp³-hybridized carbons (Fsp3) is 0.353. The van der Waals surface area contributed by atoms with Gasteiger partial charge in [-0.25, -0.2) is 4.39 Å². The van der Waals surface area contributed by atoms with E-state index in [1.165, 1.54) is 12.1 Å². The van der Waals surface area contributed by atoms with Crippen molar-refractivity contribution in [3.63, 3.8) is 0 Å². The van der Waals surface area contributed by atoms with Gasteiger partial charge in [-0.2, -0.15) is 0 Å². The van der Waals surface area contributed by atoms with Gasteiger partial charge in [0.1, 0.15) is 5.82 Å². The maximum atomic E-state index is 13.8. The molecule has 0 spiro atoms. The van der Waals surface area contributed by atoms with Gasteiger partial charge in [-0.15, -0.1) is 0 Å². The number of nitrogens with zero attached hydrogens (tertiary/aromatic N) is 2. The largest absolute Gasteiger partial charge is 0.481 e. The van der Waals surface area contributed by atoms with Crippen molar-refractivity contribution in [3.05, 3.63) is 41.8 Å². The van der Waals surface area contributed by atoms with Gasteiger partial charge in [0.2, 0.25) is 0 Å². The highest BCUT2D eigenvalue weighted by atomic mass is 19.1. The Balaban J connectivity index is 1.99. The first-order chi connectivity index (χ1) is 11.0. The lowest BCUT2D eigenvalue weighted by Crippen LogP contribution is -2.38. The summed E-state index contributed by atoms with van der Waals surface area (Å²) in [6, 6.07) is 5.93. The monoisotopic (exact) mass is 316 g/mol. The molecule has 6 heteroatoms. The Hall–Kier alpha value is -2.50. The van der Waals surface area contributed by atoms with Crippen LogP contribution in [0.3, 0.4) is 0 Å². The van der Waals surface area contributed by atoms with Gasteiger partial charge in [0.15, 0.2) is 0 Å². The normalized spacial score (nSPS) is 15.4. The number of carboxylic acid groups (broad SMARTS) is 1. The molecule has 1 fully saturated rings. The smallest absolute Gasteiger partial charge is 0.308 e. The number of hydrogen-bond acceptors (Lipinski definition) is 3. The van der Waals surface area contributed by atoms with Crippen molar-refractivity contribution in [2.45, 2.75) is 25.8 Å². The highest BCUT2D eigenvalue weighted by Gasteiger charge is 2.35. The van der Waals surface area contributed by atoms with Gasteiger partial charge in [-0.3, -0.25) is 14.6 Å². The van der Waals surface area contributed by atoms with E-state index >= 15 is 0 Å². The molecule has 1 aliphatic carbocycles. The minimum Gasteiger partial charge on any atom is -0.481 e. The molecule has 0 bridgehead atoms. The van der Waals surface area contributed by atoms with E-state index in [-0.39, 0.29) is 24.1 Å². The molecule has 5 nitrogen and oxygen atoms in total. The molecule has 23 heavy (non-hydrogen) atoms. The van der Waals surface area contributed by atoms with Crippen LogP contribution in [0.15, 0.2) is 30.5 Å². The molecular formula is C17H17FN2O3. The van der Waals surface area contributed by atoms with Crippen molar-refractivity contribution in [2.24, 2.45) is 5.92 Å². The topological polar surface area (TPSA) is 70.5 Å². The van der Waals surface area contributed by atoms with Crippen LogP contribution in [0.25, 0.3) is 10.9 Å². The van der Waals surface area contributed by atoms with Gasteiger partial charge in [0, 0.05) is 24.2 Å².